The Kier molecular flexibility index (Phi) is 14.2. The summed E-state index contributed by atoms with van der Waals surface area (Å²) in [5.41, 5.74) is 1.61. The van der Waals surface area contributed by atoms with Crippen LogP contribution < -0.4 is 9.80 Å². The molecule has 4 aromatic rings. The van der Waals surface area contributed by atoms with Crippen molar-refractivity contribution in [1.29, 1.82) is 0 Å². The third-order valence-electron chi connectivity index (χ3n) is 8.91. The zero-order chi connectivity index (χ0) is 38.9. The van der Waals surface area contributed by atoms with Gasteiger partial charge in [-0.25, -0.2) is 16.8 Å². The Morgan fingerprint density at radius 2 is 0.906 bits per heavy atom. The Bertz CT molecular complexity index is 1980. The number of aliphatic carboxylic acids is 2. The number of fused-ring (bicyclic) bond motifs is 2. The molecule has 13 nitrogen and oxygen atoms in total. The molecule has 0 amide bonds. The maximum absolute atomic E-state index is 14.0. The Labute approximate surface area is 310 Å². The van der Waals surface area contributed by atoms with Crippen molar-refractivity contribution in [3.05, 3.63) is 72.8 Å². The van der Waals surface area contributed by atoms with Crippen LogP contribution in [0.3, 0.4) is 0 Å². The maximum atomic E-state index is 14.0. The van der Waals surface area contributed by atoms with Crippen LogP contribution in [0.1, 0.15) is 19.3 Å². The Morgan fingerprint density at radius 1 is 0.547 bits per heavy atom. The Hall–Kier alpha value is -4.35. The maximum Gasteiger partial charge on any atom is 0.318 e. The number of rotatable bonds is 21. The molecule has 0 saturated carbocycles. The van der Waals surface area contributed by atoms with E-state index in [0.29, 0.717) is 21.5 Å². The van der Waals surface area contributed by atoms with Gasteiger partial charge in [0.2, 0.25) is 20.0 Å². The molecule has 4 aromatic carbocycles. The molecule has 0 spiro atoms. The highest BCUT2D eigenvalue weighted by molar-refractivity contribution is 7.89. The largest absolute Gasteiger partial charge is 0.480 e. The van der Waals surface area contributed by atoms with Crippen molar-refractivity contribution in [3.8, 4) is 0 Å². The van der Waals surface area contributed by atoms with Gasteiger partial charge in [-0.15, -0.1) is 0 Å². The second-order valence-electron chi connectivity index (χ2n) is 13.1. The van der Waals surface area contributed by atoms with E-state index in [9.17, 15) is 41.0 Å². The summed E-state index contributed by atoms with van der Waals surface area (Å²) in [5.74, 6) is -2.64. The summed E-state index contributed by atoms with van der Waals surface area (Å²) in [6.45, 7) is -1.61. The molecule has 53 heavy (non-hydrogen) atoms. The number of carboxylic acids is 2. The third kappa shape index (κ3) is 10.00. The lowest BCUT2D eigenvalue weighted by Gasteiger charge is -2.27. The first kappa shape index (κ1) is 41.4. The van der Waals surface area contributed by atoms with Crippen molar-refractivity contribution in [2.24, 2.45) is 0 Å². The summed E-state index contributed by atoms with van der Waals surface area (Å²) >= 11 is 0. The van der Waals surface area contributed by atoms with E-state index < -0.39 is 51.7 Å². The first-order chi connectivity index (χ1) is 25.1. The lowest BCUT2D eigenvalue weighted by Crippen LogP contribution is -2.39. The quantitative estimate of drug-likeness (QED) is 0.124. The molecule has 16 heteroatoms. The van der Waals surface area contributed by atoms with E-state index in [-0.39, 0.29) is 61.8 Å². The highest BCUT2D eigenvalue weighted by atomic mass is 32.2. The van der Waals surface area contributed by atoms with Crippen molar-refractivity contribution in [3.63, 3.8) is 0 Å². The highest BCUT2D eigenvalue weighted by Gasteiger charge is 2.30. The lowest BCUT2D eigenvalue weighted by atomic mass is 10.1. The van der Waals surface area contributed by atoms with Crippen LogP contribution in [0.5, 0.6) is 0 Å². The van der Waals surface area contributed by atoms with Gasteiger partial charge in [-0.2, -0.15) is 8.61 Å². The van der Waals surface area contributed by atoms with Crippen LogP contribution in [-0.2, 0) is 29.6 Å². The van der Waals surface area contributed by atoms with Crippen LogP contribution in [0.2, 0.25) is 0 Å². The van der Waals surface area contributed by atoms with Crippen molar-refractivity contribution < 1.29 is 41.0 Å². The molecule has 0 fully saturated rings. The highest BCUT2D eigenvalue weighted by Crippen LogP contribution is 2.33. The van der Waals surface area contributed by atoms with Gasteiger partial charge in [0.1, 0.15) is 13.1 Å². The number of alkyl halides is 1. The smallest absolute Gasteiger partial charge is 0.318 e. The average Bonchev–Trinajstić information content (AvgIpc) is 3.11. The topological polar surface area (TPSA) is 159 Å². The minimum absolute atomic E-state index is 0.0156. The first-order valence-corrected chi connectivity index (χ1v) is 20.1. The van der Waals surface area contributed by atoms with E-state index in [1.165, 1.54) is 12.1 Å². The number of anilines is 2. The number of nitrogens with zero attached hydrogens (tertiary/aromatic N) is 5. The molecule has 0 aliphatic carbocycles. The molecule has 0 heterocycles. The molecule has 0 saturated heterocycles. The molecule has 0 aliphatic heterocycles. The molecule has 288 valence electrons. The SMILES string of the molecule is CN(C)c1cccc2c(S(=O)(=O)N(CCCN(CCCF)CCCN(CC(=O)O)S(=O)(=O)c3cccc4c(N(C)C)cccc34)CC(=O)O)cccc12. The minimum atomic E-state index is -4.26. The number of hydrogen-bond acceptors (Lipinski definition) is 9. The summed E-state index contributed by atoms with van der Waals surface area (Å²) in [5, 5.41) is 21.6. The second-order valence-corrected chi connectivity index (χ2v) is 16.9. The Morgan fingerprint density at radius 3 is 1.26 bits per heavy atom. The molecule has 2 N–H and O–H groups in total. The standard InChI is InChI=1S/C37H48FN5O8S2/c1-39(2)32-16-5-14-30-28(32)12-7-18-34(30)52(48,49)42(26-36(44)45)24-10-22-41(21-9-20-38)23-11-25-43(27-37(46)47)53(50,51)35-19-8-13-29-31(35)15-6-17-33(29)40(3)4/h5-8,12-19H,9-11,20-27H2,1-4H3,(H,44,45)(H,46,47). The molecule has 0 unspecified atom stereocenters. The number of carboxylic acid groups (broad SMARTS) is 2. The summed E-state index contributed by atoms with van der Waals surface area (Å²) in [6, 6.07) is 20.3. The van der Waals surface area contributed by atoms with Gasteiger partial charge in [-0.1, -0.05) is 48.5 Å². The van der Waals surface area contributed by atoms with Gasteiger partial charge < -0.3 is 24.9 Å². The average molecular weight is 774 g/mol. The summed E-state index contributed by atoms with van der Waals surface area (Å²) < 4.78 is 71.0. The van der Waals surface area contributed by atoms with E-state index in [2.05, 4.69) is 0 Å². The van der Waals surface area contributed by atoms with Crippen LogP contribution in [0.25, 0.3) is 21.5 Å². The van der Waals surface area contributed by atoms with Crippen molar-refractivity contribution in [2.75, 3.05) is 90.5 Å². The molecule has 4 rings (SSSR count). The molecular weight excluding hydrogens is 726 g/mol. The fourth-order valence-corrected chi connectivity index (χ4v) is 9.74. The lowest BCUT2D eigenvalue weighted by molar-refractivity contribution is -0.138. The molecule has 0 radical (unpaired) electrons. The van der Waals surface area contributed by atoms with Crippen LogP contribution in [-0.4, -0.2) is 133 Å². The monoisotopic (exact) mass is 773 g/mol. The summed E-state index contributed by atoms with van der Waals surface area (Å²) in [7, 11) is -1.15. The number of carbonyl (C=O) groups is 2. The second kappa shape index (κ2) is 18.1. The Balaban J connectivity index is 1.51. The predicted octanol–water partition coefficient (Wildman–Crippen LogP) is 4.42. The van der Waals surface area contributed by atoms with E-state index in [4.69, 9.17) is 0 Å². The zero-order valence-electron chi connectivity index (χ0n) is 30.5. The number of benzene rings is 4. The fraction of sp³-hybridized carbons (Fsp3) is 0.405. The molecule has 0 atom stereocenters. The van der Waals surface area contributed by atoms with Crippen LogP contribution >= 0.6 is 0 Å². The summed E-state index contributed by atoms with van der Waals surface area (Å²) in [4.78, 5) is 29.2. The van der Waals surface area contributed by atoms with Gasteiger partial charge >= 0.3 is 11.9 Å². The van der Waals surface area contributed by atoms with Gasteiger partial charge in [0.15, 0.2) is 0 Å². The molecule has 0 aromatic heterocycles. The van der Waals surface area contributed by atoms with Crippen LogP contribution in [0, 0.1) is 0 Å². The van der Waals surface area contributed by atoms with Crippen LogP contribution in [0.15, 0.2) is 82.6 Å². The van der Waals surface area contributed by atoms with E-state index in [1.807, 2.05) is 55.0 Å². The van der Waals surface area contributed by atoms with E-state index >= 15 is 0 Å². The van der Waals surface area contributed by atoms with Gasteiger partial charge in [-0.05, 0) is 56.6 Å². The predicted molar refractivity (Wildman–Crippen MR) is 206 cm³/mol. The fourth-order valence-electron chi connectivity index (χ4n) is 6.47. The van der Waals surface area contributed by atoms with Gasteiger partial charge in [0.25, 0.3) is 0 Å². The van der Waals surface area contributed by atoms with Gasteiger partial charge in [-0.3, -0.25) is 14.0 Å². The molecular formula is C37H48FN5O8S2. The van der Waals surface area contributed by atoms with E-state index in [0.717, 1.165) is 20.0 Å². The normalized spacial score (nSPS) is 12.3. The van der Waals surface area contributed by atoms with Crippen molar-refractivity contribution in [2.45, 2.75) is 29.1 Å². The summed E-state index contributed by atoms with van der Waals surface area (Å²) in [6.07, 6.45) is 0.574. The van der Waals surface area contributed by atoms with Crippen LogP contribution in [0.4, 0.5) is 15.8 Å². The van der Waals surface area contributed by atoms with Gasteiger partial charge in [0.05, 0.1) is 16.5 Å². The van der Waals surface area contributed by atoms with Gasteiger partial charge in [0, 0.05) is 80.7 Å². The van der Waals surface area contributed by atoms with E-state index in [1.54, 1.807) is 48.5 Å². The van der Waals surface area contributed by atoms with Crippen molar-refractivity contribution >= 4 is 64.9 Å². The third-order valence-corrected chi connectivity index (χ3v) is 12.7. The zero-order valence-corrected chi connectivity index (χ0v) is 32.1. The molecule has 0 aliphatic rings. The first-order valence-electron chi connectivity index (χ1n) is 17.2. The number of hydrogen-bond donors (Lipinski definition) is 2. The van der Waals surface area contributed by atoms with Crippen molar-refractivity contribution in [1.82, 2.24) is 13.5 Å². The molecule has 0 bridgehead atoms. The number of sulfonamides is 2. The minimum Gasteiger partial charge on any atom is -0.480 e. The number of halogens is 1.